The molecule has 0 fully saturated rings. The number of hydrogen-bond acceptors (Lipinski definition) is 3. The quantitative estimate of drug-likeness (QED) is 0.467. The van der Waals surface area contributed by atoms with Crippen molar-refractivity contribution in [3.8, 4) is 0 Å². The van der Waals surface area contributed by atoms with Gasteiger partial charge in [-0.25, -0.2) is 0 Å². The molecular weight excluding hydrogens is 276 g/mol. The SMILES string of the molecule is CC(C)(C)CCCCOCCCOCCCCC(C)(C)CO. The Morgan fingerprint density at radius 3 is 1.55 bits per heavy atom. The molecule has 0 saturated carbocycles. The molecule has 0 aromatic carbocycles. The second kappa shape index (κ2) is 12.3. The van der Waals surface area contributed by atoms with E-state index in [0.29, 0.717) is 5.41 Å². The summed E-state index contributed by atoms with van der Waals surface area (Å²) >= 11 is 0. The minimum Gasteiger partial charge on any atom is -0.396 e. The molecule has 0 atom stereocenters. The number of rotatable bonds is 14. The fourth-order valence-corrected chi connectivity index (χ4v) is 2.21. The van der Waals surface area contributed by atoms with Crippen LogP contribution >= 0.6 is 0 Å². The molecule has 22 heavy (non-hydrogen) atoms. The zero-order valence-electron chi connectivity index (χ0n) is 15.7. The number of aliphatic hydroxyl groups is 1. The third kappa shape index (κ3) is 16.3. The first kappa shape index (κ1) is 21.9. The summed E-state index contributed by atoms with van der Waals surface area (Å²) in [5.41, 5.74) is 0.501. The molecule has 1 N–H and O–H groups in total. The second-order valence-electron chi connectivity index (χ2n) is 8.38. The Labute approximate surface area is 138 Å². The van der Waals surface area contributed by atoms with Crippen molar-refractivity contribution in [3.63, 3.8) is 0 Å². The van der Waals surface area contributed by atoms with E-state index >= 15 is 0 Å². The van der Waals surface area contributed by atoms with Crippen LogP contribution in [0.15, 0.2) is 0 Å². The summed E-state index contributed by atoms with van der Waals surface area (Å²) in [6.45, 7) is 14.7. The normalized spacial score (nSPS) is 12.8. The van der Waals surface area contributed by atoms with Gasteiger partial charge >= 0.3 is 0 Å². The lowest BCUT2D eigenvalue weighted by atomic mass is 9.88. The lowest BCUT2D eigenvalue weighted by Crippen LogP contribution is -2.16. The van der Waals surface area contributed by atoms with Gasteiger partial charge in [0.25, 0.3) is 0 Å². The van der Waals surface area contributed by atoms with E-state index in [0.717, 1.165) is 52.1 Å². The van der Waals surface area contributed by atoms with Gasteiger partial charge in [-0.2, -0.15) is 0 Å². The van der Waals surface area contributed by atoms with Crippen molar-refractivity contribution in [2.45, 2.75) is 79.6 Å². The van der Waals surface area contributed by atoms with Gasteiger partial charge in [0.2, 0.25) is 0 Å². The molecule has 0 aromatic heterocycles. The summed E-state index contributed by atoms with van der Waals surface area (Å²) in [7, 11) is 0. The molecule has 0 aliphatic carbocycles. The first-order chi connectivity index (χ1) is 10.3. The molecular formula is C19H40O3. The molecule has 0 heterocycles. The summed E-state index contributed by atoms with van der Waals surface area (Å²) in [6, 6.07) is 0. The molecule has 0 aliphatic rings. The molecule has 0 saturated heterocycles. The van der Waals surface area contributed by atoms with Crippen LogP contribution in [-0.2, 0) is 9.47 Å². The molecule has 134 valence electrons. The lowest BCUT2D eigenvalue weighted by Gasteiger charge is -2.20. The highest BCUT2D eigenvalue weighted by atomic mass is 16.5. The Hall–Kier alpha value is -0.120. The van der Waals surface area contributed by atoms with E-state index in [9.17, 15) is 0 Å². The summed E-state index contributed by atoms with van der Waals surface area (Å²) in [6.07, 6.45) is 7.94. The Morgan fingerprint density at radius 2 is 1.09 bits per heavy atom. The number of ether oxygens (including phenoxy) is 2. The van der Waals surface area contributed by atoms with Crippen LogP contribution in [0.25, 0.3) is 0 Å². The van der Waals surface area contributed by atoms with Gasteiger partial charge in [-0.15, -0.1) is 0 Å². The van der Waals surface area contributed by atoms with Crippen molar-refractivity contribution in [3.05, 3.63) is 0 Å². The minimum atomic E-state index is 0.0564. The maximum Gasteiger partial charge on any atom is 0.0487 e. The lowest BCUT2D eigenvalue weighted by molar-refractivity contribution is 0.0766. The molecule has 0 aromatic rings. The highest BCUT2D eigenvalue weighted by Gasteiger charge is 2.15. The Kier molecular flexibility index (Phi) is 12.3. The molecule has 0 radical (unpaired) electrons. The van der Waals surface area contributed by atoms with Gasteiger partial charge in [0, 0.05) is 33.0 Å². The van der Waals surface area contributed by atoms with Crippen molar-refractivity contribution in [2.24, 2.45) is 10.8 Å². The van der Waals surface area contributed by atoms with Crippen LogP contribution in [0.4, 0.5) is 0 Å². The summed E-state index contributed by atoms with van der Waals surface area (Å²) in [5, 5.41) is 9.17. The first-order valence-corrected chi connectivity index (χ1v) is 9.03. The Bertz CT molecular complexity index is 244. The van der Waals surface area contributed by atoms with Gasteiger partial charge in [-0.1, -0.05) is 47.5 Å². The fourth-order valence-electron chi connectivity index (χ4n) is 2.21. The van der Waals surface area contributed by atoms with Crippen LogP contribution in [0.3, 0.4) is 0 Å². The Morgan fingerprint density at radius 1 is 0.636 bits per heavy atom. The van der Waals surface area contributed by atoms with Crippen molar-refractivity contribution in [1.29, 1.82) is 0 Å². The highest BCUT2D eigenvalue weighted by Crippen LogP contribution is 2.22. The van der Waals surface area contributed by atoms with E-state index in [1.807, 2.05) is 0 Å². The predicted molar refractivity (Wildman–Crippen MR) is 94.3 cm³/mol. The molecule has 0 bridgehead atoms. The second-order valence-corrected chi connectivity index (χ2v) is 8.38. The molecule has 0 amide bonds. The summed E-state index contributed by atoms with van der Waals surface area (Å²) in [5.74, 6) is 0. The van der Waals surface area contributed by atoms with E-state index in [4.69, 9.17) is 14.6 Å². The largest absolute Gasteiger partial charge is 0.396 e. The maximum absolute atomic E-state index is 9.17. The zero-order chi connectivity index (χ0) is 16.9. The first-order valence-electron chi connectivity index (χ1n) is 9.03. The van der Waals surface area contributed by atoms with E-state index in [-0.39, 0.29) is 12.0 Å². The predicted octanol–water partition coefficient (Wildman–Crippen LogP) is 4.81. The Balaban J connectivity index is 3.15. The van der Waals surface area contributed by atoms with E-state index in [1.165, 1.54) is 19.3 Å². The topological polar surface area (TPSA) is 38.7 Å². The summed E-state index contributed by atoms with van der Waals surface area (Å²) in [4.78, 5) is 0. The van der Waals surface area contributed by atoms with Crippen LogP contribution in [0, 0.1) is 10.8 Å². The van der Waals surface area contributed by atoms with Crippen LogP contribution in [0.1, 0.15) is 79.6 Å². The maximum atomic E-state index is 9.17. The van der Waals surface area contributed by atoms with E-state index in [2.05, 4.69) is 34.6 Å². The highest BCUT2D eigenvalue weighted by molar-refractivity contribution is 4.66. The van der Waals surface area contributed by atoms with Crippen LogP contribution in [0.2, 0.25) is 0 Å². The van der Waals surface area contributed by atoms with Gasteiger partial charge in [0.15, 0.2) is 0 Å². The summed E-state index contributed by atoms with van der Waals surface area (Å²) < 4.78 is 11.2. The van der Waals surface area contributed by atoms with Crippen molar-refractivity contribution < 1.29 is 14.6 Å². The standard InChI is InChI=1S/C19H40O3/c1-18(2,3)11-6-8-13-21-15-10-16-22-14-9-7-12-19(4,5)17-20/h20H,6-17H2,1-5H3. The number of aliphatic hydroxyl groups excluding tert-OH is 1. The van der Waals surface area contributed by atoms with Gasteiger partial charge in [-0.05, 0) is 42.9 Å². The molecule has 0 aliphatic heterocycles. The van der Waals surface area contributed by atoms with E-state index < -0.39 is 0 Å². The fraction of sp³-hybridized carbons (Fsp3) is 1.00. The average Bonchev–Trinajstić information content (AvgIpc) is 2.42. The number of unbranched alkanes of at least 4 members (excludes halogenated alkanes) is 2. The minimum absolute atomic E-state index is 0.0564. The van der Waals surface area contributed by atoms with E-state index in [1.54, 1.807) is 0 Å². The third-order valence-electron chi connectivity index (χ3n) is 3.86. The van der Waals surface area contributed by atoms with Crippen molar-refractivity contribution in [1.82, 2.24) is 0 Å². The van der Waals surface area contributed by atoms with Crippen molar-refractivity contribution >= 4 is 0 Å². The molecule has 3 nitrogen and oxygen atoms in total. The zero-order valence-corrected chi connectivity index (χ0v) is 15.7. The smallest absolute Gasteiger partial charge is 0.0487 e. The van der Waals surface area contributed by atoms with Crippen LogP contribution in [-0.4, -0.2) is 38.1 Å². The molecule has 0 rings (SSSR count). The van der Waals surface area contributed by atoms with Gasteiger partial charge in [-0.3, -0.25) is 0 Å². The van der Waals surface area contributed by atoms with Gasteiger partial charge < -0.3 is 14.6 Å². The van der Waals surface area contributed by atoms with Crippen molar-refractivity contribution in [2.75, 3.05) is 33.0 Å². The monoisotopic (exact) mass is 316 g/mol. The van der Waals surface area contributed by atoms with Crippen LogP contribution in [0.5, 0.6) is 0 Å². The van der Waals surface area contributed by atoms with Gasteiger partial charge in [0.1, 0.15) is 0 Å². The molecule has 0 spiro atoms. The molecule has 0 unspecified atom stereocenters. The van der Waals surface area contributed by atoms with Gasteiger partial charge in [0.05, 0.1) is 0 Å². The van der Waals surface area contributed by atoms with Crippen LogP contribution < -0.4 is 0 Å². The molecule has 3 heteroatoms. The third-order valence-corrected chi connectivity index (χ3v) is 3.86. The number of hydrogen-bond donors (Lipinski definition) is 1. The average molecular weight is 317 g/mol.